The molecule has 0 unspecified atom stereocenters. The molecular formula is C15H10N4OS. The summed E-state index contributed by atoms with van der Waals surface area (Å²) in [6.07, 6.45) is 5.19. The quantitative estimate of drug-likeness (QED) is 0.615. The van der Waals surface area contributed by atoms with E-state index in [1.54, 1.807) is 18.6 Å². The lowest BCUT2D eigenvalue weighted by molar-refractivity contribution is 0.481. The van der Waals surface area contributed by atoms with E-state index in [0.717, 1.165) is 26.3 Å². The van der Waals surface area contributed by atoms with Gasteiger partial charge in [-0.3, -0.25) is 4.40 Å². The van der Waals surface area contributed by atoms with Crippen molar-refractivity contribution < 1.29 is 5.11 Å². The van der Waals surface area contributed by atoms with Gasteiger partial charge in [-0.2, -0.15) is 0 Å². The Morgan fingerprint density at radius 2 is 1.90 bits per heavy atom. The molecule has 0 saturated heterocycles. The van der Waals surface area contributed by atoms with Crippen LogP contribution in [0.15, 0.2) is 65.0 Å². The number of aromatic nitrogens is 4. The normalized spacial score (nSPS) is 11.2. The van der Waals surface area contributed by atoms with Crippen molar-refractivity contribution in [1.82, 2.24) is 19.6 Å². The van der Waals surface area contributed by atoms with Gasteiger partial charge in [-0.15, -0.1) is 10.2 Å². The van der Waals surface area contributed by atoms with Gasteiger partial charge in [0.2, 0.25) is 0 Å². The minimum atomic E-state index is 0.281. The van der Waals surface area contributed by atoms with Crippen LogP contribution < -0.4 is 0 Å². The monoisotopic (exact) mass is 294 g/mol. The molecule has 102 valence electrons. The van der Waals surface area contributed by atoms with E-state index < -0.39 is 0 Å². The van der Waals surface area contributed by atoms with Crippen LogP contribution >= 0.6 is 11.8 Å². The molecule has 0 radical (unpaired) electrons. The fourth-order valence-corrected chi connectivity index (χ4v) is 3.24. The zero-order valence-corrected chi connectivity index (χ0v) is 11.7. The van der Waals surface area contributed by atoms with E-state index in [9.17, 15) is 5.11 Å². The predicted octanol–water partition coefficient (Wildman–Crippen LogP) is 3.13. The third-order valence-corrected chi connectivity index (χ3v) is 4.31. The first-order valence-electron chi connectivity index (χ1n) is 6.36. The number of phenols is 1. The Morgan fingerprint density at radius 1 is 1.05 bits per heavy atom. The maximum absolute atomic E-state index is 9.95. The molecule has 0 spiro atoms. The maximum atomic E-state index is 9.95. The Hall–Kier alpha value is -2.60. The van der Waals surface area contributed by atoms with Crippen LogP contribution in [0, 0.1) is 0 Å². The topological polar surface area (TPSA) is 63.3 Å². The summed E-state index contributed by atoms with van der Waals surface area (Å²) in [4.78, 5) is 5.40. The number of nitrogens with zero attached hydrogens (tertiary/aromatic N) is 4. The van der Waals surface area contributed by atoms with Crippen molar-refractivity contribution in [2.45, 2.75) is 9.92 Å². The predicted molar refractivity (Wildman–Crippen MR) is 80.5 cm³/mol. The number of hydrogen-bond donors (Lipinski definition) is 1. The standard InChI is InChI=1S/C15H10N4OS/c20-12-5-6-13(11-4-2-1-3-10(11)12)21-15-14-18-17-9-19(14)8-7-16-15/h1-9,20H. The number of phenolic OH excluding ortho intramolecular Hbond substituents is 1. The molecule has 4 aromatic rings. The highest BCUT2D eigenvalue weighted by Gasteiger charge is 2.10. The molecule has 6 heteroatoms. The average Bonchev–Trinajstić information content (AvgIpc) is 3.00. The van der Waals surface area contributed by atoms with Crippen LogP contribution in [0.5, 0.6) is 5.75 Å². The molecule has 1 N–H and O–H groups in total. The van der Waals surface area contributed by atoms with Gasteiger partial charge in [0.1, 0.15) is 17.1 Å². The zero-order chi connectivity index (χ0) is 14.2. The van der Waals surface area contributed by atoms with Crippen molar-refractivity contribution in [1.29, 1.82) is 0 Å². The molecular weight excluding hydrogens is 284 g/mol. The SMILES string of the molecule is Oc1ccc(Sc2nccn3cnnc23)c2ccccc12. The number of rotatable bonds is 2. The zero-order valence-electron chi connectivity index (χ0n) is 10.8. The second-order valence-electron chi connectivity index (χ2n) is 4.52. The number of aromatic hydroxyl groups is 1. The van der Waals surface area contributed by atoms with E-state index in [4.69, 9.17) is 0 Å². The minimum absolute atomic E-state index is 0.281. The lowest BCUT2D eigenvalue weighted by Crippen LogP contribution is -1.89. The van der Waals surface area contributed by atoms with Gasteiger partial charge < -0.3 is 5.11 Å². The van der Waals surface area contributed by atoms with Crippen molar-refractivity contribution in [2.24, 2.45) is 0 Å². The van der Waals surface area contributed by atoms with Crippen LogP contribution in [-0.2, 0) is 0 Å². The third-order valence-electron chi connectivity index (χ3n) is 3.25. The van der Waals surface area contributed by atoms with Crippen LogP contribution in [0.2, 0.25) is 0 Å². The molecule has 2 heterocycles. The Balaban J connectivity index is 1.88. The molecule has 5 nitrogen and oxygen atoms in total. The molecule has 21 heavy (non-hydrogen) atoms. The fraction of sp³-hybridized carbons (Fsp3) is 0. The number of hydrogen-bond acceptors (Lipinski definition) is 5. The molecule has 0 aliphatic heterocycles. The molecule has 0 fully saturated rings. The second-order valence-corrected chi connectivity index (χ2v) is 5.56. The highest BCUT2D eigenvalue weighted by atomic mass is 32.2. The van der Waals surface area contributed by atoms with Crippen LogP contribution in [0.25, 0.3) is 16.4 Å². The van der Waals surface area contributed by atoms with E-state index in [-0.39, 0.29) is 5.75 Å². The van der Waals surface area contributed by atoms with Gasteiger partial charge in [0, 0.05) is 22.7 Å². The first-order chi connectivity index (χ1) is 10.3. The molecule has 2 aromatic carbocycles. The Morgan fingerprint density at radius 3 is 2.81 bits per heavy atom. The smallest absolute Gasteiger partial charge is 0.193 e. The van der Waals surface area contributed by atoms with Crippen molar-refractivity contribution in [3.05, 3.63) is 55.1 Å². The lowest BCUT2D eigenvalue weighted by atomic mass is 10.1. The van der Waals surface area contributed by atoms with Crippen LogP contribution in [-0.4, -0.2) is 24.7 Å². The van der Waals surface area contributed by atoms with E-state index in [0.29, 0.717) is 0 Å². The van der Waals surface area contributed by atoms with Crippen LogP contribution in [0.1, 0.15) is 0 Å². The first kappa shape index (κ1) is 12.2. The average molecular weight is 294 g/mol. The van der Waals surface area contributed by atoms with E-state index in [1.807, 2.05) is 40.9 Å². The highest BCUT2D eigenvalue weighted by molar-refractivity contribution is 7.99. The van der Waals surface area contributed by atoms with Gasteiger partial charge in [-0.05, 0) is 17.5 Å². The van der Waals surface area contributed by atoms with E-state index >= 15 is 0 Å². The van der Waals surface area contributed by atoms with Gasteiger partial charge in [0.05, 0.1) is 0 Å². The summed E-state index contributed by atoms with van der Waals surface area (Å²) in [6.45, 7) is 0. The van der Waals surface area contributed by atoms with Gasteiger partial charge in [0.25, 0.3) is 0 Å². The van der Waals surface area contributed by atoms with Gasteiger partial charge in [0.15, 0.2) is 5.65 Å². The van der Waals surface area contributed by atoms with Crippen molar-refractivity contribution in [3.8, 4) is 5.75 Å². The molecule has 4 rings (SSSR count). The summed E-state index contributed by atoms with van der Waals surface area (Å²) in [5, 5.41) is 20.5. The molecule has 0 amide bonds. The van der Waals surface area contributed by atoms with Gasteiger partial charge in [-0.1, -0.05) is 36.0 Å². The Labute approximate surface area is 124 Å². The molecule has 0 atom stereocenters. The van der Waals surface area contributed by atoms with E-state index in [1.165, 1.54) is 11.8 Å². The molecule has 0 aliphatic rings. The second kappa shape index (κ2) is 4.75. The summed E-state index contributed by atoms with van der Waals surface area (Å²) in [5.74, 6) is 0.281. The minimum Gasteiger partial charge on any atom is -0.507 e. The Bertz CT molecular complexity index is 951. The molecule has 0 saturated carbocycles. The summed E-state index contributed by atoms with van der Waals surface area (Å²) < 4.78 is 1.83. The first-order valence-corrected chi connectivity index (χ1v) is 7.17. The summed E-state index contributed by atoms with van der Waals surface area (Å²) in [7, 11) is 0. The fourth-order valence-electron chi connectivity index (χ4n) is 2.26. The Kier molecular flexibility index (Phi) is 2.75. The summed E-state index contributed by atoms with van der Waals surface area (Å²) in [5.41, 5.74) is 0.722. The molecule has 0 aliphatic carbocycles. The highest BCUT2D eigenvalue weighted by Crippen LogP contribution is 2.37. The molecule has 0 bridgehead atoms. The third kappa shape index (κ3) is 2.00. The van der Waals surface area contributed by atoms with Crippen molar-refractivity contribution in [2.75, 3.05) is 0 Å². The summed E-state index contributed by atoms with van der Waals surface area (Å²) >= 11 is 1.51. The van der Waals surface area contributed by atoms with Gasteiger partial charge in [-0.25, -0.2) is 4.98 Å². The maximum Gasteiger partial charge on any atom is 0.193 e. The molecule has 2 aromatic heterocycles. The largest absolute Gasteiger partial charge is 0.507 e. The van der Waals surface area contributed by atoms with E-state index in [2.05, 4.69) is 15.2 Å². The summed E-state index contributed by atoms with van der Waals surface area (Å²) in [6, 6.07) is 11.4. The number of fused-ring (bicyclic) bond motifs is 2. The van der Waals surface area contributed by atoms with Crippen LogP contribution in [0.4, 0.5) is 0 Å². The van der Waals surface area contributed by atoms with Gasteiger partial charge >= 0.3 is 0 Å². The number of benzene rings is 2. The van der Waals surface area contributed by atoms with Crippen LogP contribution in [0.3, 0.4) is 0 Å². The lowest BCUT2D eigenvalue weighted by Gasteiger charge is -2.07. The van der Waals surface area contributed by atoms with Crippen molar-refractivity contribution in [3.63, 3.8) is 0 Å². The van der Waals surface area contributed by atoms with Crippen molar-refractivity contribution >= 4 is 28.2 Å².